The maximum atomic E-state index is 5.72. The number of hydrogen-bond donors (Lipinski definition) is 0. The topological polar surface area (TPSA) is 18.5 Å². The Morgan fingerprint density at radius 1 is 0.857 bits per heavy atom. The average molecular weight is 313 g/mol. The van der Waals surface area contributed by atoms with Crippen molar-refractivity contribution < 1.29 is 7.58 Å². The van der Waals surface area contributed by atoms with Crippen LogP contribution in [0, 0.1) is 0 Å². The number of halogens is 1. The minimum atomic E-state index is -1.52. The SMILES string of the molecule is C[Si](C)(C)C[O][Al]([Br])[O]C[Si](C)(C)C. The molecule has 0 aliphatic carbocycles. The molecule has 0 atom stereocenters. The van der Waals surface area contributed by atoms with Gasteiger partial charge >= 0.3 is 13.0 Å². The molecule has 84 valence electrons. The zero-order valence-corrected chi connectivity index (χ0v) is 14.9. The van der Waals surface area contributed by atoms with Crippen LogP contribution in [0.15, 0.2) is 0 Å². The van der Waals surface area contributed by atoms with E-state index in [2.05, 4.69) is 53.3 Å². The van der Waals surface area contributed by atoms with Crippen LogP contribution in [0.5, 0.6) is 0 Å². The third-order valence-corrected chi connectivity index (χ3v) is 6.47. The summed E-state index contributed by atoms with van der Waals surface area (Å²) in [7, 11) is -2.16. The van der Waals surface area contributed by atoms with Gasteiger partial charge in [0.05, 0.1) is 16.1 Å². The van der Waals surface area contributed by atoms with Crippen molar-refractivity contribution in [2.75, 3.05) is 12.5 Å². The second-order valence-electron chi connectivity index (χ2n) is 6.02. The van der Waals surface area contributed by atoms with Crippen LogP contribution in [0.4, 0.5) is 0 Å². The maximum Gasteiger partial charge on any atom is 0.773 e. The first-order valence-corrected chi connectivity index (χ1v) is 16.5. The summed E-state index contributed by atoms with van der Waals surface area (Å²) in [5, 5.41) is 0. The summed E-state index contributed by atoms with van der Waals surface area (Å²) in [6, 6.07) is 0. The van der Waals surface area contributed by atoms with E-state index in [0.29, 0.717) is 0 Å². The molecule has 0 aromatic carbocycles. The Hall–Kier alpha value is 1.37. The van der Waals surface area contributed by atoms with Gasteiger partial charge in [-0.15, -0.1) is 14.1 Å². The summed E-state index contributed by atoms with van der Waals surface area (Å²) in [4.78, 5) is 0. The first-order chi connectivity index (χ1) is 6.10. The standard InChI is InChI=1S/2C4H11OSi.Al.BrH/c2*1-6(2,3)4-5;;/h2*4H2,1-3H3;;1H/q2*-1;+3;/p-1. The van der Waals surface area contributed by atoms with E-state index in [1.54, 1.807) is 0 Å². The molecule has 0 fully saturated rings. The third-order valence-electron chi connectivity index (χ3n) is 1.29. The van der Waals surface area contributed by atoms with E-state index < -0.39 is 29.1 Å². The largest absolute Gasteiger partial charge is 0.773 e. The lowest BCUT2D eigenvalue weighted by molar-refractivity contribution is 0.269. The zero-order chi connectivity index (χ0) is 11.4. The molecule has 0 bridgehead atoms. The van der Waals surface area contributed by atoms with Crippen LogP contribution >= 0.6 is 14.1 Å². The molecule has 0 saturated carbocycles. The zero-order valence-electron chi connectivity index (χ0n) is 10.2. The van der Waals surface area contributed by atoms with Crippen LogP contribution in [-0.4, -0.2) is 41.6 Å². The van der Waals surface area contributed by atoms with E-state index in [1.807, 2.05) is 0 Å². The summed E-state index contributed by atoms with van der Waals surface area (Å²) in [5.74, 6) is 0. The normalized spacial score (nSPS) is 13.1. The van der Waals surface area contributed by atoms with Gasteiger partial charge in [0, 0.05) is 12.5 Å². The molecule has 0 radical (unpaired) electrons. The Labute approximate surface area is 102 Å². The fourth-order valence-corrected chi connectivity index (χ4v) is 8.20. The molecule has 0 N–H and O–H groups in total. The molecule has 0 saturated heterocycles. The summed E-state index contributed by atoms with van der Waals surface area (Å²) in [6.45, 7) is 13.8. The number of rotatable bonds is 6. The first kappa shape index (κ1) is 15.4. The monoisotopic (exact) mass is 312 g/mol. The van der Waals surface area contributed by atoms with Crippen LogP contribution in [0.3, 0.4) is 0 Å². The maximum absolute atomic E-state index is 5.72. The van der Waals surface area contributed by atoms with Crippen molar-refractivity contribution in [3.05, 3.63) is 0 Å². The fourth-order valence-electron chi connectivity index (χ4n) is 0.679. The molecule has 0 aromatic heterocycles. The Balaban J connectivity index is 3.62. The predicted octanol–water partition coefficient (Wildman–Crippen LogP) is 3.15. The van der Waals surface area contributed by atoms with Crippen molar-refractivity contribution in [1.29, 1.82) is 0 Å². The highest BCUT2D eigenvalue weighted by Crippen LogP contribution is 2.08. The van der Waals surface area contributed by atoms with E-state index in [1.165, 1.54) is 0 Å². The van der Waals surface area contributed by atoms with Crippen molar-refractivity contribution in [3.8, 4) is 0 Å². The van der Waals surface area contributed by atoms with Crippen molar-refractivity contribution in [2.45, 2.75) is 39.3 Å². The third kappa shape index (κ3) is 11.4. The molecule has 0 heterocycles. The predicted molar refractivity (Wildman–Crippen MR) is 73.3 cm³/mol. The van der Waals surface area contributed by atoms with Gasteiger partial charge in [-0.1, -0.05) is 39.3 Å². The highest BCUT2D eigenvalue weighted by Gasteiger charge is 2.27. The van der Waals surface area contributed by atoms with Crippen molar-refractivity contribution >= 4 is 43.2 Å². The van der Waals surface area contributed by atoms with E-state index >= 15 is 0 Å². The molecule has 0 aliphatic heterocycles. The second-order valence-corrected chi connectivity index (χ2v) is 20.3. The van der Waals surface area contributed by atoms with E-state index in [-0.39, 0.29) is 0 Å². The smallest absolute Gasteiger partial charge is 0.472 e. The lowest BCUT2D eigenvalue weighted by Gasteiger charge is -2.21. The highest BCUT2D eigenvalue weighted by atomic mass is 79.9. The van der Waals surface area contributed by atoms with Crippen LogP contribution in [0.2, 0.25) is 39.3 Å². The lowest BCUT2D eigenvalue weighted by Crippen LogP contribution is -2.36. The van der Waals surface area contributed by atoms with Gasteiger partial charge in [-0.2, -0.15) is 0 Å². The van der Waals surface area contributed by atoms with Crippen molar-refractivity contribution in [1.82, 2.24) is 0 Å². The minimum Gasteiger partial charge on any atom is -0.472 e. The van der Waals surface area contributed by atoms with E-state index in [9.17, 15) is 0 Å². The molecule has 0 rings (SSSR count). The minimum absolute atomic E-state index is 0.904. The highest BCUT2D eigenvalue weighted by molar-refractivity contribution is 9.24. The molecule has 0 aromatic rings. The van der Waals surface area contributed by atoms with E-state index in [0.717, 1.165) is 12.5 Å². The van der Waals surface area contributed by atoms with E-state index in [4.69, 9.17) is 7.58 Å². The molecular weight excluding hydrogens is 291 g/mol. The van der Waals surface area contributed by atoms with Gasteiger partial charge in [-0.3, -0.25) is 0 Å². The summed E-state index contributed by atoms with van der Waals surface area (Å²) >= 11 is 2.00. The molecule has 2 nitrogen and oxygen atoms in total. The summed E-state index contributed by atoms with van der Waals surface area (Å²) in [6.07, 6.45) is 1.81. The van der Waals surface area contributed by atoms with Crippen LogP contribution < -0.4 is 0 Å². The Morgan fingerprint density at radius 2 is 1.14 bits per heavy atom. The van der Waals surface area contributed by atoms with Gasteiger partial charge in [0.15, 0.2) is 0 Å². The van der Waals surface area contributed by atoms with Crippen LogP contribution in [0.1, 0.15) is 0 Å². The fraction of sp³-hybridized carbons (Fsp3) is 1.00. The molecular formula is C8H22AlBrO2Si2. The van der Waals surface area contributed by atoms with Gasteiger partial charge in [0.25, 0.3) is 0 Å². The summed E-state index contributed by atoms with van der Waals surface area (Å²) < 4.78 is 11.4. The van der Waals surface area contributed by atoms with Crippen molar-refractivity contribution in [2.24, 2.45) is 0 Å². The van der Waals surface area contributed by atoms with Gasteiger partial charge in [-0.25, -0.2) is 0 Å². The van der Waals surface area contributed by atoms with Gasteiger partial charge < -0.3 is 7.58 Å². The average Bonchev–Trinajstić information content (AvgIpc) is 1.94. The van der Waals surface area contributed by atoms with Crippen LogP contribution in [-0.2, 0) is 7.58 Å². The number of hydrogen-bond acceptors (Lipinski definition) is 2. The molecule has 0 aliphatic rings. The quantitative estimate of drug-likeness (QED) is 0.701. The lowest BCUT2D eigenvalue weighted by atomic mass is 11.7. The Bertz CT molecular complexity index is 150. The van der Waals surface area contributed by atoms with Crippen molar-refractivity contribution in [3.63, 3.8) is 0 Å². The first-order valence-electron chi connectivity index (χ1n) is 4.97. The molecule has 6 heteroatoms. The Kier molecular flexibility index (Phi) is 6.79. The van der Waals surface area contributed by atoms with Gasteiger partial charge in [-0.05, 0) is 0 Å². The van der Waals surface area contributed by atoms with Crippen LogP contribution in [0.25, 0.3) is 0 Å². The molecule has 0 spiro atoms. The van der Waals surface area contributed by atoms with Gasteiger partial charge in [0.2, 0.25) is 0 Å². The van der Waals surface area contributed by atoms with Gasteiger partial charge in [0.1, 0.15) is 0 Å². The molecule has 14 heavy (non-hydrogen) atoms. The molecule has 0 amide bonds. The Morgan fingerprint density at radius 3 is 1.36 bits per heavy atom. The summed E-state index contributed by atoms with van der Waals surface area (Å²) in [5.41, 5.74) is 0. The molecule has 0 unspecified atom stereocenters. The second kappa shape index (κ2) is 6.19.